The number of aromatic nitrogens is 2. The van der Waals surface area contributed by atoms with Crippen LogP contribution in [-0.2, 0) is 17.6 Å². The lowest BCUT2D eigenvalue weighted by Gasteiger charge is -2.31. The molecule has 180 valence electrons. The number of rotatable bonds is 5. The normalized spacial score (nSPS) is 16.6. The van der Waals surface area contributed by atoms with Gasteiger partial charge in [-0.25, -0.2) is 4.98 Å². The molecule has 3 aromatic rings. The maximum Gasteiger partial charge on any atom is 0.267 e. The monoisotopic (exact) mass is 515 g/mol. The molecule has 0 aliphatic heterocycles. The van der Waals surface area contributed by atoms with E-state index in [-0.39, 0.29) is 17.2 Å². The van der Waals surface area contributed by atoms with Gasteiger partial charge in [-0.3, -0.25) is 14.2 Å². The van der Waals surface area contributed by atoms with E-state index in [9.17, 15) is 9.59 Å². The van der Waals surface area contributed by atoms with Crippen LogP contribution in [0.4, 0.5) is 0 Å². The van der Waals surface area contributed by atoms with E-state index >= 15 is 0 Å². The third-order valence-corrected chi connectivity index (χ3v) is 9.80. The van der Waals surface area contributed by atoms with Crippen LogP contribution in [0.15, 0.2) is 28.2 Å². The summed E-state index contributed by atoms with van der Waals surface area (Å²) in [6.45, 7) is 1.92. The number of aryl methyl sites for hydroxylation is 2. The summed E-state index contributed by atoms with van der Waals surface area (Å²) in [5, 5.41) is 1.92. The molecule has 0 bridgehead atoms. The van der Waals surface area contributed by atoms with Crippen molar-refractivity contribution in [2.24, 2.45) is 0 Å². The van der Waals surface area contributed by atoms with Crippen molar-refractivity contribution in [2.45, 2.75) is 75.9 Å². The number of thiophene rings is 1. The van der Waals surface area contributed by atoms with Gasteiger partial charge in [-0.15, -0.1) is 11.3 Å². The van der Waals surface area contributed by atoms with Crippen molar-refractivity contribution in [3.05, 3.63) is 49.6 Å². The molecule has 0 radical (unpaired) electrons. The van der Waals surface area contributed by atoms with Gasteiger partial charge >= 0.3 is 0 Å². The van der Waals surface area contributed by atoms with Gasteiger partial charge in [0.05, 0.1) is 16.8 Å². The molecule has 0 atom stereocenters. The van der Waals surface area contributed by atoms with E-state index in [1.807, 2.05) is 37.1 Å². The number of benzene rings is 1. The molecule has 5 nitrogen and oxygen atoms in total. The number of hydrogen-bond donors (Lipinski definition) is 0. The van der Waals surface area contributed by atoms with Gasteiger partial charge in [0.2, 0.25) is 5.91 Å². The van der Waals surface area contributed by atoms with Gasteiger partial charge in [0.1, 0.15) is 4.83 Å². The quantitative estimate of drug-likeness (QED) is 0.301. The predicted octanol–water partition coefficient (Wildman–Crippen LogP) is 6.17. The molecular formula is C26H30ClN3O2S2. The molecule has 8 heteroatoms. The van der Waals surface area contributed by atoms with Crippen molar-refractivity contribution in [1.29, 1.82) is 0 Å². The van der Waals surface area contributed by atoms with Crippen molar-refractivity contribution < 1.29 is 4.79 Å². The Bertz CT molecular complexity index is 1290. The highest BCUT2D eigenvalue weighted by atomic mass is 35.5. The summed E-state index contributed by atoms with van der Waals surface area (Å²) in [6.07, 6.45) is 9.98. The minimum Gasteiger partial charge on any atom is -0.342 e. The summed E-state index contributed by atoms with van der Waals surface area (Å²) >= 11 is 9.43. The summed E-state index contributed by atoms with van der Waals surface area (Å²) in [5.41, 5.74) is 2.69. The van der Waals surface area contributed by atoms with Gasteiger partial charge in [0, 0.05) is 23.0 Å². The number of halogens is 1. The minimum atomic E-state index is -0.0506. The van der Waals surface area contributed by atoms with Crippen LogP contribution in [0.2, 0.25) is 5.02 Å². The fourth-order valence-electron chi connectivity index (χ4n) is 5.23. The lowest BCUT2D eigenvalue weighted by molar-refractivity contribution is -0.129. The van der Waals surface area contributed by atoms with Crippen LogP contribution in [-0.4, -0.2) is 39.2 Å². The van der Waals surface area contributed by atoms with E-state index < -0.39 is 0 Å². The number of thioether (sulfide) groups is 1. The lowest BCUT2D eigenvalue weighted by Crippen LogP contribution is -2.39. The van der Waals surface area contributed by atoms with Crippen molar-refractivity contribution in [2.75, 3.05) is 12.8 Å². The molecule has 0 unspecified atom stereocenters. The van der Waals surface area contributed by atoms with Crippen LogP contribution in [0.25, 0.3) is 15.9 Å². The first-order valence-electron chi connectivity index (χ1n) is 12.2. The summed E-state index contributed by atoms with van der Waals surface area (Å²) < 4.78 is 1.68. The van der Waals surface area contributed by atoms with Crippen LogP contribution in [0.1, 0.15) is 60.9 Å². The molecule has 1 amide bonds. The highest BCUT2D eigenvalue weighted by molar-refractivity contribution is 7.99. The molecule has 1 saturated carbocycles. The fraction of sp³-hybridized carbons (Fsp3) is 0.500. The molecular weight excluding hydrogens is 486 g/mol. The predicted molar refractivity (Wildman–Crippen MR) is 142 cm³/mol. The number of hydrogen-bond acceptors (Lipinski definition) is 5. The van der Waals surface area contributed by atoms with E-state index in [1.165, 1.54) is 41.5 Å². The second-order valence-corrected chi connectivity index (χ2v) is 11.8. The zero-order valence-electron chi connectivity index (χ0n) is 19.7. The molecule has 0 saturated heterocycles. The molecule has 2 aromatic heterocycles. The van der Waals surface area contributed by atoms with Crippen molar-refractivity contribution in [3.63, 3.8) is 0 Å². The molecule has 1 fully saturated rings. The molecule has 0 N–H and O–H groups in total. The summed E-state index contributed by atoms with van der Waals surface area (Å²) in [6, 6.07) is 5.92. The zero-order valence-corrected chi connectivity index (χ0v) is 22.1. The van der Waals surface area contributed by atoms with E-state index in [1.54, 1.807) is 15.9 Å². The summed E-state index contributed by atoms with van der Waals surface area (Å²) in [5.74, 6) is 0.349. The molecule has 2 heterocycles. The Morgan fingerprint density at radius 2 is 1.97 bits per heavy atom. The highest BCUT2D eigenvalue weighted by Gasteiger charge is 2.26. The molecule has 5 rings (SSSR count). The smallest absolute Gasteiger partial charge is 0.267 e. The maximum atomic E-state index is 14.0. The van der Waals surface area contributed by atoms with Gasteiger partial charge in [-0.05, 0) is 68.7 Å². The number of amides is 1. The number of fused-ring (bicyclic) bond motifs is 3. The first-order valence-corrected chi connectivity index (χ1v) is 14.3. The van der Waals surface area contributed by atoms with Gasteiger partial charge in [-0.2, -0.15) is 0 Å². The standard InChI is InChI=1S/C26H30ClN3O2S2/c1-16-19(27)12-8-13-20(16)30-25(32)23-18-11-6-7-14-21(18)34-24(23)28-26(30)33-15-22(31)29(2)17-9-4-3-5-10-17/h8,12-13,17H,3-7,9-11,14-15H2,1-2H3. The van der Waals surface area contributed by atoms with Crippen LogP contribution in [0.5, 0.6) is 0 Å². The Labute approximate surface area is 213 Å². The second-order valence-electron chi connectivity index (χ2n) is 9.40. The van der Waals surface area contributed by atoms with Gasteiger partial charge in [0.25, 0.3) is 5.56 Å². The van der Waals surface area contributed by atoms with Crippen molar-refractivity contribution in [1.82, 2.24) is 14.5 Å². The molecule has 2 aliphatic rings. The Balaban J connectivity index is 1.55. The number of nitrogens with zero attached hydrogens (tertiary/aromatic N) is 3. The van der Waals surface area contributed by atoms with Crippen molar-refractivity contribution in [3.8, 4) is 5.69 Å². The van der Waals surface area contributed by atoms with Gasteiger partial charge in [0.15, 0.2) is 5.16 Å². The number of carbonyl (C=O) groups excluding carboxylic acids is 1. The minimum absolute atomic E-state index is 0.0506. The number of carbonyl (C=O) groups is 1. The van der Waals surface area contributed by atoms with Crippen LogP contribution in [0.3, 0.4) is 0 Å². The van der Waals surface area contributed by atoms with E-state index in [4.69, 9.17) is 16.6 Å². The highest BCUT2D eigenvalue weighted by Crippen LogP contribution is 2.36. The Morgan fingerprint density at radius 3 is 2.76 bits per heavy atom. The third-order valence-electron chi connectivity index (χ3n) is 7.28. The lowest BCUT2D eigenvalue weighted by atomic mass is 9.94. The van der Waals surface area contributed by atoms with E-state index in [2.05, 4.69) is 0 Å². The van der Waals surface area contributed by atoms with Crippen molar-refractivity contribution >= 4 is 50.8 Å². The van der Waals surface area contributed by atoms with Gasteiger partial charge < -0.3 is 4.90 Å². The zero-order chi connectivity index (χ0) is 23.8. The summed E-state index contributed by atoms with van der Waals surface area (Å²) in [7, 11) is 1.91. The van der Waals surface area contributed by atoms with Crippen LogP contribution in [0, 0.1) is 6.92 Å². The first kappa shape index (κ1) is 23.9. The largest absolute Gasteiger partial charge is 0.342 e. The van der Waals surface area contributed by atoms with Gasteiger partial charge in [-0.1, -0.05) is 48.7 Å². The Morgan fingerprint density at radius 1 is 1.21 bits per heavy atom. The SMILES string of the molecule is Cc1c(Cl)cccc1-n1c(SCC(=O)N(C)C2CCCCC2)nc2sc3c(c2c1=O)CCCC3. The third kappa shape index (κ3) is 4.42. The van der Waals surface area contributed by atoms with E-state index in [0.29, 0.717) is 16.2 Å². The molecule has 0 spiro atoms. The van der Waals surface area contributed by atoms with Crippen LogP contribution < -0.4 is 5.56 Å². The topological polar surface area (TPSA) is 55.2 Å². The molecule has 1 aromatic carbocycles. The Hall–Kier alpha value is -1.83. The Kier molecular flexibility index (Phi) is 7.05. The molecule has 2 aliphatic carbocycles. The summed E-state index contributed by atoms with van der Waals surface area (Å²) in [4.78, 5) is 36.0. The van der Waals surface area contributed by atoms with Crippen LogP contribution >= 0.6 is 34.7 Å². The molecule has 34 heavy (non-hydrogen) atoms. The maximum absolute atomic E-state index is 14.0. The second kappa shape index (κ2) is 10.0. The van der Waals surface area contributed by atoms with E-state index in [0.717, 1.165) is 60.0 Å². The first-order chi connectivity index (χ1) is 16.5. The fourth-order valence-corrected chi connectivity index (χ4v) is 7.64. The average Bonchev–Trinajstić information content (AvgIpc) is 3.23. The average molecular weight is 516 g/mol.